The van der Waals surface area contributed by atoms with Crippen molar-refractivity contribution in [2.45, 2.75) is 13.3 Å². The molecular formula is C22H23FN2O4S. The fourth-order valence-electron chi connectivity index (χ4n) is 2.98. The number of aromatic nitrogens is 1. The molecule has 0 fully saturated rings. The maximum Gasteiger partial charge on any atom is 0.251 e. The average Bonchev–Trinajstić information content (AvgIpc) is 3.13. The normalized spacial score (nSPS) is 10.6. The molecular weight excluding hydrogens is 407 g/mol. The van der Waals surface area contributed by atoms with Crippen molar-refractivity contribution in [1.29, 1.82) is 0 Å². The number of halogens is 1. The molecule has 0 aliphatic heterocycles. The van der Waals surface area contributed by atoms with Crippen LogP contribution in [0.3, 0.4) is 0 Å². The summed E-state index contributed by atoms with van der Waals surface area (Å²) in [5.41, 5.74) is 2.19. The molecule has 0 spiro atoms. The van der Waals surface area contributed by atoms with Crippen molar-refractivity contribution in [3.8, 4) is 27.8 Å². The first-order chi connectivity index (χ1) is 14.5. The molecule has 2 aromatic carbocycles. The molecule has 0 unspecified atom stereocenters. The van der Waals surface area contributed by atoms with E-state index in [1.165, 1.54) is 33.5 Å². The quantitative estimate of drug-likeness (QED) is 0.578. The molecule has 0 saturated carbocycles. The standard InChI is InChI=1S/C22H23FN2O4S/c1-13-19(30-22(25-13)14-5-7-16(23)8-6-14)9-10-24-21(26)15-11-17(27-2)20(29-4)18(12-15)28-3/h5-8,11-12H,9-10H2,1-4H3,(H,24,26). The van der Waals surface area contributed by atoms with Crippen LogP contribution in [0.25, 0.3) is 10.6 Å². The summed E-state index contributed by atoms with van der Waals surface area (Å²) in [5, 5.41) is 3.74. The zero-order valence-corrected chi connectivity index (χ0v) is 18.1. The van der Waals surface area contributed by atoms with Gasteiger partial charge in [0, 0.05) is 29.0 Å². The molecule has 30 heavy (non-hydrogen) atoms. The minimum Gasteiger partial charge on any atom is -0.493 e. The number of carbonyl (C=O) groups is 1. The summed E-state index contributed by atoms with van der Waals surface area (Å²) in [4.78, 5) is 18.2. The number of rotatable bonds is 8. The van der Waals surface area contributed by atoms with Gasteiger partial charge in [-0.1, -0.05) is 0 Å². The molecule has 0 bridgehead atoms. The van der Waals surface area contributed by atoms with Crippen LogP contribution in [0.15, 0.2) is 36.4 Å². The van der Waals surface area contributed by atoms with E-state index in [4.69, 9.17) is 14.2 Å². The van der Waals surface area contributed by atoms with E-state index in [1.807, 2.05) is 6.92 Å². The Morgan fingerprint density at radius 1 is 1.07 bits per heavy atom. The van der Waals surface area contributed by atoms with E-state index in [0.29, 0.717) is 35.8 Å². The first-order valence-electron chi connectivity index (χ1n) is 9.27. The number of carbonyl (C=O) groups excluding carboxylic acids is 1. The number of ether oxygens (including phenoxy) is 3. The summed E-state index contributed by atoms with van der Waals surface area (Å²) in [6.45, 7) is 2.38. The van der Waals surface area contributed by atoms with Crippen molar-refractivity contribution in [2.75, 3.05) is 27.9 Å². The third-order valence-corrected chi connectivity index (χ3v) is 5.81. The summed E-state index contributed by atoms with van der Waals surface area (Å²) in [6.07, 6.45) is 0.640. The third kappa shape index (κ3) is 4.71. The molecule has 1 N–H and O–H groups in total. The van der Waals surface area contributed by atoms with Crippen molar-refractivity contribution in [3.63, 3.8) is 0 Å². The fraction of sp³-hybridized carbons (Fsp3) is 0.273. The first-order valence-corrected chi connectivity index (χ1v) is 10.1. The molecule has 3 rings (SSSR count). The smallest absolute Gasteiger partial charge is 0.251 e. The van der Waals surface area contributed by atoms with Gasteiger partial charge in [-0.05, 0) is 43.3 Å². The number of amides is 1. The molecule has 0 saturated heterocycles. The Morgan fingerprint density at radius 2 is 1.70 bits per heavy atom. The van der Waals surface area contributed by atoms with Crippen LogP contribution in [-0.4, -0.2) is 38.8 Å². The van der Waals surface area contributed by atoms with Crippen molar-refractivity contribution >= 4 is 17.2 Å². The van der Waals surface area contributed by atoms with E-state index >= 15 is 0 Å². The van der Waals surface area contributed by atoms with Gasteiger partial charge in [-0.25, -0.2) is 9.37 Å². The highest BCUT2D eigenvalue weighted by molar-refractivity contribution is 7.15. The molecule has 158 valence electrons. The van der Waals surface area contributed by atoms with Gasteiger partial charge < -0.3 is 19.5 Å². The van der Waals surface area contributed by atoms with E-state index < -0.39 is 0 Å². The average molecular weight is 431 g/mol. The Kier molecular flexibility index (Phi) is 6.89. The second-order valence-electron chi connectivity index (χ2n) is 6.45. The van der Waals surface area contributed by atoms with Gasteiger partial charge in [-0.15, -0.1) is 11.3 Å². The van der Waals surface area contributed by atoms with E-state index in [9.17, 15) is 9.18 Å². The number of nitrogens with one attached hydrogen (secondary N) is 1. The third-order valence-electron chi connectivity index (χ3n) is 4.55. The Hall–Kier alpha value is -3.13. The molecule has 0 atom stereocenters. The predicted octanol–water partition coefficient (Wildman–Crippen LogP) is 4.26. The molecule has 6 nitrogen and oxygen atoms in total. The summed E-state index contributed by atoms with van der Waals surface area (Å²) in [6, 6.07) is 9.49. The zero-order chi connectivity index (χ0) is 21.7. The second-order valence-corrected chi connectivity index (χ2v) is 7.54. The number of methoxy groups -OCH3 is 3. The Labute approximate surface area is 178 Å². The van der Waals surface area contributed by atoms with Gasteiger partial charge in [-0.2, -0.15) is 0 Å². The highest BCUT2D eigenvalue weighted by Crippen LogP contribution is 2.38. The number of thiazole rings is 1. The number of aryl methyl sites for hydroxylation is 1. The molecule has 1 heterocycles. The minimum atomic E-state index is -0.276. The number of hydrogen-bond donors (Lipinski definition) is 1. The molecule has 3 aromatic rings. The zero-order valence-electron chi connectivity index (χ0n) is 17.2. The lowest BCUT2D eigenvalue weighted by molar-refractivity contribution is 0.0953. The molecule has 1 amide bonds. The van der Waals surface area contributed by atoms with E-state index in [1.54, 1.807) is 35.6 Å². The summed E-state index contributed by atoms with van der Waals surface area (Å²) >= 11 is 1.54. The van der Waals surface area contributed by atoms with Crippen molar-refractivity contribution in [3.05, 3.63) is 58.3 Å². The summed E-state index contributed by atoms with van der Waals surface area (Å²) < 4.78 is 29.0. The second kappa shape index (κ2) is 9.58. The Balaban J connectivity index is 1.67. The van der Waals surface area contributed by atoms with Crippen molar-refractivity contribution in [2.24, 2.45) is 0 Å². The fourth-order valence-corrected chi connectivity index (χ4v) is 4.05. The van der Waals surface area contributed by atoms with E-state index in [0.717, 1.165) is 21.1 Å². The van der Waals surface area contributed by atoms with Gasteiger partial charge in [0.2, 0.25) is 5.75 Å². The van der Waals surface area contributed by atoms with Gasteiger partial charge >= 0.3 is 0 Å². The van der Waals surface area contributed by atoms with Crippen LogP contribution in [0.5, 0.6) is 17.2 Å². The maximum atomic E-state index is 13.1. The van der Waals surface area contributed by atoms with Crippen LogP contribution in [-0.2, 0) is 6.42 Å². The van der Waals surface area contributed by atoms with E-state index in [2.05, 4.69) is 10.3 Å². The highest BCUT2D eigenvalue weighted by Gasteiger charge is 2.17. The number of benzene rings is 2. The number of nitrogens with zero attached hydrogens (tertiary/aromatic N) is 1. The number of hydrogen-bond acceptors (Lipinski definition) is 6. The molecule has 0 aliphatic carbocycles. The SMILES string of the molecule is COc1cc(C(=O)NCCc2sc(-c3ccc(F)cc3)nc2C)cc(OC)c1OC. The Morgan fingerprint density at radius 3 is 2.27 bits per heavy atom. The van der Waals surface area contributed by atoms with Crippen molar-refractivity contribution in [1.82, 2.24) is 10.3 Å². The minimum absolute atomic E-state index is 0.241. The van der Waals surface area contributed by atoms with Crippen molar-refractivity contribution < 1.29 is 23.4 Å². The van der Waals surface area contributed by atoms with Crippen LogP contribution in [0.1, 0.15) is 20.9 Å². The lowest BCUT2D eigenvalue weighted by Crippen LogP contribution is -2.25. The van der Waals surface area contributed by atoms with Gasteiger partial charge in [0.15, 0.2) is 11.5 Å². The lowest BCUT2D eigenvalue weighted by atomic mass is 10.1. The van der Waals surface area contributed by atoms with E-state index in [-0.39, 0.29) is 11.7 Å². The van der Waals surface area contributed by atoms with Gasteiger partial charge in [0.1, 0.15) is 10.8 Å². The molecule has 8 heteroatoms. The van der Waals surface area contributed by atoms with Crippen LogP contribution in [0.4, 0.5) is 4.39 Å². The highest BCUT2D eigenvalue weighted by atomic mass is 32.1. The van der Waals surface area contributed by atoms with Crippen LogP contribution in [0, 0.1) is 12.7 Å². The van der Waals surface area contributed by atoms with Gasteiger partial charge in [0.25, 0.3) is 5.91 Å². The first kappa shape index (κ1) is 21.6. The summed E-state index contributed by atoms with van der Waals surface area (Å²) in [5.74, 6) is 0.760. The van der Waals surface area contributed by atoms with Crippen LogP contribution < -0.4 is 19.5 Å². The topological polar surface area (TPSA) is 69.7 Å². The summed E-state index contributed by atoms with van der Waals surface area (Å²) in [7, 11) is 4.52. The maximum absolute atomic E-state index is 13.1. The van der Waals surface area contributed by atoms with Gasteiger partial charge in [0.05, 0.1) is 27.0 Å². The molecule has 0 radical (unpaired) electrons. The van der Waals surface area contributed by atoms with Gasteiger partial charge in [-0.3, -0.25) is 4.79 Å². The van der Waals surface area contributed by atoms with Crippen LogP contribution >= 0.6 is 11.3 Å². The molecule has 0 aliphatic rings. The Bertz CT molecular complexity index is 1010. The monoisotopic (exact) mass is 430 g/mol. The largest absolute Gasteiger partial charge is 0.493 e. The lowest BCUT2D eigenvalue weighted by Gasteiger charge is -2.14. The van der Waals surface area contributed by atoms with Crippen LogP contribution in [0.2, 0.25) is 0 Å². The predicted molar refractivity (Wildman–Crippen MR) is 114 cm³/mol. The molecule has 1 aromatic heterocycles.